The van der Waals surface area contributed by atoms with Crippen LogP contribution in [0.25, 0.3) is 10.6 Å². The summed E-state index contributed by atoms with van der Waals surface area (Å²) in [5.74, 6) is -0.241. The summed E-state index contributed by atoms with van der Waals surface area (Å²) in [6.07, 6.45) is 0.129. The molecule has 3 aromatic rings. The number of benzene rings is 1. The minimum atomic E-state index is -3.57. The summed E-state index contributed by atoms with van der Waals surface area (Å²) >= 11 is 3.10. The van der Waals surface area contributed by atoms with E-state index in [1.165, 1.54) is 31.5 Å². The summed E-state index contributed by atoms with van der Waals surface area (Å²) in [6, 6.07) is 6.86. The SMILES string of the molecule is Cc1ccc(NC(=O)Cc2csc(-c3ccsc3)n2)cc1S(=O)(=O)N(C)C. The highest BCUT2D eigenvalue weighted by molar-refractivity contribution is 7.89. The Kier molecular flexibility index (Phi) is 5.75. The van der Waals surface area contributed by atoms with Gasteiger partial charge in [-0.25, -0.2) is 17.7 Å². The highest BCUT2D eigenvalue weighted by Gasteiger charge is 2.20. The summed E-state index contributed by atoms with van der Waals surface area (Å²) in [4.78, 5) is 17.0. The molecule has 2 heterocycles. The van der Waals surface area contributed by atoms with Gasteiger partial charge in [0.2, 0.25) is 15.9 Å². The maximum absolute atomic E-state index is 12.4. The number of amides is 1. The van der Waals surface area contributed by atoms with Gasteiger partial charge in [-0.3, -0.25) is 4.79 Å². The lowest BCUT2D eigenvalue weighted by Gasteiger charge is -2.15. The van der Waals surface area contributed by atoms with Gasteiger partial charge in [0.25, 0.3) is 0 Å². The highest BCUT2D eigenvalue weighted by Crippen LogP contribution is 2.26. The van der Waals surface area contributed by atoms with Gasteiger partial charge in [-0.1, -0.05) is 6.07 Å². The van der Waals surface area contributed by atoms with Crippen LogP contribution in [0.4, 0.5) is 5.69 Å². The Morgan fingerprint density at radius 2 is 2.00 bits per heavy atom. The molecule has 0 atom stereocenters. The maximum atomic E-state index is 12.4. The normalized spacial score (nSPS) is 11.7. The van der Waals surface area contributed by atoms with E-state index in [2.05, 4.69) is 10.3 Å². The molecule has 27 heavy (non-hydrogen) atoms. The average Bonchev–Trinajstić information content (AvgIpc) is 3.27. The maximum Gasteiger partial charge on any atom is 0.242 e. The summed E-state index contributed by atoms with van der Waals surface area (Å²) in [7, 11) is -0.615. The van der Waals surface area contributed by atoms with Gasteiger partial charge < -0.3 is 5.32 Å². The number of hydrogen-bond donors (Lipinski definition) is 1. The second-order valence-corrected chi connectivity index (χ2v) is 9.91. The molecule has 1 aromatic carbocycles. The van der Waals surface area contributed by atoms with Crippen molar-refractivity contribution in [3.05, 3.63) is 51.7 Å². The zero-order chi connectivity index (χ0) is 19.6. The second-order valence-electron chi connectivity index (χ2n) is 6.15. The third-order valence-electron chi connectivity index (χ3n) is 3.89. The molecule has 0 bridgehead atoms. The van der Waals surface area contributed by atoms with Crippen molar-refractivity contribution in [2.75, 3.05) is 19.4 Å². The summed E-state index contributed by atoms with van der Waals surface area (Å²) in [5.41, 5.74) is 2.81. The number of anilines is 1. The fraction of sp³-hybridized carbons (Fsp3) is 0.222. The van der Waals surface area contributed by atoms with E-state index in [4.69, 9.17) is 0 Å². The zero-order valence-corrected chi connectivity index (χ0v) is 17.5. The lowest BCUT2D eigenvalue weighted by molar-refractivity contribution is -0.115. The van der Waals surface area contributed by atoms with Crippen molar-refractivity contribution in [3.8, 4) is 10.6 Å². The Balaban J connectivity index is 1.73. The molecule has 0 aliphatic heterocycles. The van der Waals surface area contributed by atoms with E-state index in [0.717, 1.165) is 14.9 Å². The number of aryl methyl sites for hydroxylation is 1. The van der Waals surface area contributed by atoms with Crippen LogP contribution in [0.15, 0.2) is 45.3 Å². The van der Waals surface area contributed by atoms with Crippen LogP contribution in [-0.4, -0.2) is 37.7 Å². The Morgan fingerprint density at radius 1 is 1.22 bits per heavy atom. The number of carbonyl (C=O) groups is 1. The van der Waals surface area contributed by atoms with Crippen molar-refractivity contribution in [1.29, 1.82) is 0 Å². The standard InChI is InChI=1S/C18H19N3O3S3/c1-12-4-5-14(8-16(12)27(23,24)21(2)3)19-17(22)9-15-11-26-18(20-15)13-6-7-25-10-13/h4-8,10-11H,9H2,1-3H3,(H,19,22). The molecule has 9 heteroatoms. The van der Waals surface area contributed by atoms with Crippen LogP contribution >= 0.6 is 22.7 Å². The number of thiophene rings is 1. The van der Waals surface area contributed by atoms with Crippen LogP contribution in [0.2, 0.25) is 0 Å². The van der Waals surface area contributed by atoms with E-state index in [9.17, 15) is 13.2 Å². The fourth-order valence-electron chi connectivity index (χ4n) is 2.43. The van der Waals surface area contributed by atoms with Crippen molar-refractivity contribution < 1.29 is 13.2 Å². The quantitative estimate of drug-likeness (QED) is 0.659. The average molecular weight is 422 g/mol. The smallest absolute Gasteiger partial charge is 0.242 e. The highest BCUT2D eigenvalue weighted by atomic mass is 32.2. The molecule has 142 valence electrons. The number of aromatic nitrogens is 1. The summed E-state index contributed by atoms with van der Waals surface area (Å²) in [6.45, 7) is 1.73. The molecule has 0 saturated carbocycles. The summed E-state index contributed by atoms with van der Waals surface area (Å²) in [5, 5.41) is 9.51. The van der Waals surface area contributed by atoms with Gasteiger partial charge in [0, 0.05) is 36.1 Å². The van der Waals surface area contributed by atoms with Crippen LogP contribution in [0.5, 0.6) is 0 Å². The van der Waals surface area contributed by atoms with Crippen LogP contribution in [-0.2, 0) is 21.2 Å². The Morgan fingerprint density at radius 3 is 2.67 bits per heavy atom. The van der Waals surface area contributed by atoms with Crippen LogP contribution in [0.1, 0.15) is 11.3 Å². The molecule has 0 fully saturated rings. The molecule has 1 N–H and O–H groups in total. The molecule has 0 radical (unpaired) electrons. The van der Waals surface area contributed by atoms with E-state index < -0.39 is 10.0 Å². The molecule has 0 unspecified atom stereocenters. The first-order chi connectivity index (χ1) is 12.8. The van der Waals surface area contributed by atoms with Crippen LogP contribution < -0.4 is 5.32 Å². The summed E-state index contributed by atoms with van der Waals surface area (Å²) < 4.78 is 26.0. The van der Waals surface area contributed by atoms with Gasteiger partial charge in [-0.05, 0) is 36.1 Å². The molecule has 0 aliphatic carbocycles. The van der Waals surface area contributed by atoms with Gasteiger partial charge in [0.15, 0.2) is 0 Å². The molecule has 2 aromatic heterocycles. The molecule has 6 nitrogen and oxygen atoms in total. The molecular weight excluding hydrogens is 402 g/mol. The first kappa shape index (κ1) is 19.7. The number of sulfonamides is 1. The lowest BCUT2D eigenvalue weighted by atomic mass is 10.2. The first-order valence-electron chi connectivity index (χ1n) is 8.07. The number of nitrogens with zero attached hydrogens (tertiary/aromatic N) is 2. The van der Waals surface area contributed by atoms with E-state index in [-0.39, 0.29) is 17.2 Å². The lowest BCUT2D eigenvalue weighted by Crippen LogP contribution is -2.23. The van der Waals surface area contributed by atoms with Gasteiger partial charge >= 0.3 is 0 Å². The zero-order valence-electron chi connectivity index (χ0n) is 15.1. The second kappa shape index (κ2) is 7.89. The number of carbonyl (C=O) groups excluding carboxylic acids is 1. The minimum absolute atomic E-state index is 0.129. The molecule has 0 saturated heterocycles. The number of thiazole rings is 1. The van der Waals surface area contributed by atoms with Crippen molar-refractivity contribution in [2.45, 2.75) is 18.2 Å². The van der Waals surface area contributed by atoms with E-state index >= 15 is 0 Å². The largest absolute Gasteiger partial charge is 0.326 e. The Hall–Kier alpha value is -2.07. The molecular formula is C18H19N3O3S3. The molecule has 3 rings (SSSR count). The van der Waals surface area contributed by atoms with Gasteiger partial charge in [0.1, 0.15) is 5.01 Å². The molecule has 0 aliphatic rings. The molecule has 0 spiro atoms. The van der Waals surface area contributed by atoms with Crippen molar-refractivity contribution in [2.24, 2.45) is 0 Å². The topological polar surface area (TPSA) is 79.4 Å². The van der Waals surface area contributed by atoms with E-state index in [0.29, 0.717) is 16.9 Å². The first-order valence-corrected chi connectivity index (χ1v) is 11.3. The monoisotopic (exact) mass is 421 g/mol. The Bertz CT molecular complexity index is 1050. The number of hydrogen-bond acceptors (Lipinski definition) is 6. The van der Waals surface area contributed by atoms with Crippen LogP contribution in [0, 0.1) is 6.92 Å². The van der Waals surface area contributed by atoms with E-state index in [1.807, 2.05) is 22.2 Å². The van der Waals surface area contributed by atoms with Crippen molar-refractivity contribution in [1.82, 2.24) is 9.29 Å². The van der Waals surface area contributed by atoms with Crippen LogP contribution in [0.3, 0.4) is 0 Å². The van der Waals surface area contributed by atoms with Gasteiger partial charge in [-0.2, -0.15) is 11.3 Å². The van der Waals surface area contributed by atoms with E-state index in [1.54, 1.807) is 30.4 Å². The van der Waals surface area contributed by atoms with Crippen molar-refractivity contribution in [3.63, 3.8) is 0 Å². The van der Waals surface area contributed by atoms with Gasteiger partial charge in [0.05, 0.1) is 17.0 Å². The molecule has 1 amide bonds. The predicted molar refractivity (Wildman–Crippen MR) is 110 cm³/mol. The third-order valence-corrected chi connectivity index (χ3v) is 7.47. The Labute approximate surface area is 166 Å². The number of rotatable bonds is 6. The van der Waals surface area contributed by atoms with Crippen molar-refractivity contribution >= 4 is 44.3 Å². The third kappa shape index (κ3) is 4.44. The fourth-order valence-corrected chi connectivity index (χ4v) is 5.11. The number of nitrogens with one attached hydrogen (secondary N) is 1. The predicted octanol–water partition coefficient (Wildman–Crippen LogP) is 3.61. The minimum Gasteiger partial charge on any atom is -0.326 e. The van der Waals surface area contributed by atoms with Gasteiger partial charge in [-0.15, -0.1) is 11.3 Å².